The van der Waals surface area contributed by atoms with Crippen LogP contribution < -0.4 is 5.32 Å². The highest BCUT2D eigenvalue weighted by atomic mass is 35.5. The predicted molar refractivity (Wildman–Crippen MR) is 75.7 cm³/mol. The number of ether oxygens (including phenoxy) is 1. The van der Waals surface area contributed by atoms with Crippen LogP contribution in [0.4, 0.5) is 0 Å². The van der Waals surface area contributed by atoms with Crippen molar-refractivity contribution in [1.29, 1.82) is 0 Å². The predicted octanol–water partition coefficient (Wildman–Crippen LogP) is 3.22. The molecule has 0 bridgehead atoms. The second-order valence-electron chi connectivity index (χ2n) is 3.82. The Labute approximate surface area is 121 Å². The zero-order valence-corrected chi connectivity index (χ0v) is 12.1. The number of hydrogen-bond donors (Lipinski definition) is 1. The molecule has 0 spiro atoms. The van der Waals surface area contributed by atoms with Crippen LogP contribution >= 0.6 is 23.4 Å². The third kappa shape index (κ3) is 4.54. The normalized spacial score (nSPS) is 10.8. The van der Waals surface area contributed by atoms with E-state index >= 15 is 0 Å². The van der Waals surface area contributed by atoms with Gasteiger partial charge in [0.15, 0.2) is 0 Å². The number of hydrogen-bond acceptors (Lipinski definition) is 5. The first kappa shape index (κ1) is 14.4. The molecule has 0 unspecified atom stereocenters. The number of nitrogens with zero attached hydrogens (tertiary/aromatic N) is 1. The van der Waals surface area contributed by atoms with Crippen LogP contribution in [0, 0.1) is 0 Å². The average Bonchev–Trinajstić information content (AvgIpc) is 2.90. The summed E-state index contributed by atoms with van der Waals surface area (Å²) in [5.41, 5.74) is 1.06. The molecule has 102 valence electrons. The van der Waals surface area contributed by atoms with Crippen molar-refractivity contribution in [3.8, 4) is 0 Å². The maximum Gasteiger partial charge on any atom is 0.260 e. The Morgan fingerprint density at radius 3 is 3.05 bits per heavy atom. The SMILES string of the molecule is COCCNCc1ccc(Sc2ncco2)cc1Cl. The van der Waals surface area contributed by atoms with E-state index in [4.69, 9.17) is 20.8 Å². The van der Waals surface area contributed by atoms with Gasteiger partial charge in [0.05, 0.1) is 12.8 Å². The van der Waals surface area contributed by atoms with Crippen LogP contribution in [-0.2, 0) is 11.3 Å². The fourth-order valence-electron chi connectivity index (χ4n) is 1.49. The van der Waals surface area contributed by atoms with Gasteiger partial charge in [-0.2, -0.15) is 0 Å². The summed E-state index contributed by atoms with van der Waals surface area (Å²) in [6.07, 6.45) is 3.18. The largest absolute Gasteiger partial charge is 0.440 e. The monoisotopic (exact) mass is 298 g/mol. The summed E-state index contributed by atoms with van der Waals surface area (Å²) in [4.78, 5) is 5.07. The van der Waals surface area contributed by atoms with Crippen LogP contribution in [0.1, 0.15) is 5.56 Å². The van der Waals surface area contributed by atoms with E-state index in [-0.39, 0.29) is 0 Å². The lowest BCUT2D eigenvalue weighted by Crippen LogP contribution is -2.18. The lowest BCUT2D eigenvalue weighted by atomic mass is 10.2. The van der Waals surface area contributed by atoms with Crippen molar-refractivity contribution in [1.82, 2.24) is 10.3 Å². The lowest BCUT2D eigenvalue weighted by Gasteiger charge is -2.07. The number of methoxy groups -OCH3 is 1. The number of aromatic nitrogens is 1. The zero-order chi connectivity index (χ0) is 13.5. The van der Waals surface area contributed by atoms with Crippen LogP contribution in [0.2, 0.25) is 5.02 Å². The molecule has 6 heteroatoms. The fourth-order valence-corrected chi connectivity index (χ4v) is 2.54. The summed E-state index contributed by atoms with van der Waals surface area (Å²) in [7, 11) is 1.68. The minimum Gasteiger partial charge on any atom is -0.440 e. The Morgan fingerprint density at radius 2 is 2.37 bits per heavy atom. The maximum absolute atomic E-state index is 6.25. The van der Waals surface area contributed by atoms with Crippen molar-refractivity contribution in [2.75, 3.05) is 20.3 Å². The summed E-state index contributed by atoms with van der Waals surface area (Å²) in [5, 5.41) is 4.61. The number of oxazole rings is 1. The highest BCUT2D eigenvalue weighted by Gasteiger charge is 2.05. The van der Waals surface area contributed by atoms with Crippen LogP contribution in [0.25, 0.3) is 0 Å². The van der Waals surface area contributed by atoms with Gasteiger partial charge in [0, 0.05) is 30.1 Å². The second-order valence-corrected chi connectivity index (χ2v) is 5.25. The van der Waals surface area contributed by atoms with E-state index in [1.165, 1.54) is 11.8 Å². The van der Waals surface area contributed by atoms with Crippen molar-refractivity contribution >= 4 is 23.4 Å². The highest BCUT2D eigenvalue weighted by molar-refractivity contribution is 7.99. The molecule has 0 atom stereocenters. The second kappa shape index (κ2) is 7.55. The molecule has 1 heterocycles. The Hall–Kier alpha value is -1.01. The van der Waals surface area contributed by atoms with Gasteiger partial charge >= 0.3 is 0 Å². The van der Waals surface area contributed by atoms with Crippen LogP contribution in [0.5, 0.6) is 0 Å². The summed E-state index contributed by atoms with van der Waals surface area (Å²) in [6.45, 7) is 2.22. The molecule has 2 aromatic rings. The van der Waals surface area contributed by atoms with Gasteiger partial charge in [0.25, 0.3) is 5.22 Å². The van der Waals surface area contributed by atoms with Crippen molar-refractivity contribution in [2.45, 2.75) is 16.7 Å². The number of nitrogens with one attached hydrogen (secondary N) is 1. The smallest absolute Gasteiger partial charge is 0.260 e. The minimum atomic E-state index is 0.613. The first-order valence-corrected chi connectivity index (χ1v) is 7.04. The van der Waals surface area contributed by atoms with Crippen LogP contribution in [0.15, 0.2) is 45.2 Å². The van der Waals surface area contributed by atoms with Crippen molar-refractivity contribution < 1.29 is 9.15 Å². The number of benzene rings is 1. The summed E-state index contributed by atoms with van der Waals surface area (Å²) < 4.78 is 10.2. The molecule has 0 aliphatic heterocycles. The van der Waals surface area contributed by atoms with Gasteiger partial charge in [-0.25, -0.2) is 4.98 Å². The molecule has 19 heavy (non-hydrogen) atoms. The van der Waals surface area contributed by atoms with Crippen molar-refractivity contribution in [3.05, 3.63) is 41.2 Å². The summed E-state index contributed by atoms with van der Waals surface area (Å²) in [6, 6.07) is 5.94. The molecule has 0 fully saturated rings. The lowest BCUT2D eigenvalue weighted by molar-refractivity contribution is 0.199. The standard InChI is InChI=1S/C13H15ClN2O2S/c1-17-6-4-15-9-10-2-3-11(8-12(10)14)19-13-16-5-7-18-13/h2-3,5,7-8,15H,4,6,9H2,1H3. The molecule has 0 radical (unpaired) electrons. The van der Waals surface area contributed by atoms with E-state index in [1.54, 1.807) is 19.6 Å². The molecule has 1 aromatic heterocycles. The van der Waals surface area contributed by atoms with Gasteiger partial charge in [-0.3, -0.25) is 0 Å². The average molecular weight is 299 g/mol. The van der Waals surface area contributed by atoms with Gasteiger partial charge in [-0.15, -0.1) is 0 Å². The Bertz CT molecular complexity index is 505. The third-order valence-corrected chi connectivity index (χ3v) is 3.66. The van der Waals surface area contributed by atoms with E-state index in [0.29, 0.717) is 11.8 Å². The van der Waals surface area contributed by atoms with Crippen LogP contribution in [0.3, 0.4) is 0 Å². The molecule has 0 aliphatic carbocycles. The molecule has 4 nitrogen and oxygen atoms in total. The molecule has 0 aliphatic rings. The maximum atomic E-state index is 6.25. The van der Waals surface area contributed by atoms with E-state index in [2.05, 4.69) is 10.3 Å². The zero-order valence-electron chi connectivity index (χ0n) is 10.6. The molecule has 0 saturated carbocycles. The quantitative estimate of drug-likeness (QED) is 0.795. The van der Waals surface area contributed by atoms with Gasteiger partial charge in [-0.05, 0) is 29.5 Å². The van der Waals surface area contributed by atoms with Crippen molar-refractivity contribution in [3.63, 3.8) is 0 Å². The first-order valence-electron chi connectivity index (χ1n) is 5.85. The van der Waals surface area contributed by atoms with E-state index in [9.17, 15) is 0 Å². The van der Waals surface area contributed by atoms with E-state index in [0.717, 1.165) is 28.6 Å². The van der Waals surface area contributed by atoms with Gasteiger partial charge in [-0.1, -0.05) is 17.7 Å². The Kier molecular flexibility index (Phi) is 5.72. The topological polar surface area (TPSA) is 47.3 Å². The molecule has 0 saturated heterocycles. The van der Waals surface area contributed by atoms with Crippen molar-refractivity contribution in [2.24, 2.45) is 0 Å². The fraction of sp³-hybridized carbons (Fsp3) is 0.308. The highest BCUT2D eigenvalue weighted by Crippen LogP contribution is 2.29. The Balaban J connectivity index is 1.93. The molecule has 1 aromatic carbocycles. The first-order chi connectivity index (χ1) is 9.29. The van der Waals surface area contributed by atoms with Gasteiger partial charge in [0.2, 0.25) is 0 Å². The summed E-state index contributed by atoms with van der Waals surface area (Å²) >= 11 is 7.69. The molecule has 0 amide bonds. The Morgan fingerprint density at radius 1 is 1.47 bits per heavy atom. The molecular weight excluding hydrogens is 284 g/mol. The summed E-state index contributed by atoms with van der Waals surface area (Å²) in [5.74, 6) is 0. The van der Waals surface area contributed by atoms with E-state index in [1.807, 2.05) is 18.2 Å². The van der Waals surface area contributed by atoms with E-state index < -0.39 is 0 Å². The third-order valence-electron chi connectivity index (χ3n) is 2.44. The molecular formula is C13H15ClN2O2S. The van der Waals surface area contributed by atoms with Gasteiger partial charge < -0.3 is 14.5 Å². The number of rotatable bonds is 7. The number of halogens is 1. The van der Waals surface area contributed by atoms with Crippen LogP contribution in [-0.4, -0.2) is 25.2 Å². The molecule has 2 rings (SSSR count). The minimum absolute atomic E-state index is 0.613. The van der Waals surface area contributed by atoms with Gasteiger partial charge in [0.1, 0.15) is 6.26 Å². The molecule has 1 N–H and O–H groups in total.